The molecule has 1 heterocycles. The van der Waals surface area contributed by atoms with E-state index >= 15 is 0 Å². The monoisotopic (exact) mass is 543 g/mol. The van der Waals surface area contributed by atoms with Crippen molar-refractivity contribution in [2.75, 3.05) is 31.0 Å². The molecule has 0 spiro atoms. The molecule has 0 aliphatic carbocycles. The summed E-state index contributed by atoms with van der Waals surface area (Å²) in [5, 5.41) is 16.3. The first-order valence-corrected chi connectivity index (χ1v) is 11.4. The summed E-state index contributed by atoms with van der Waals surface area (Å²) in [5.41, 5.74) is 1.08. The number of nitrogens with one attached hydrogen (secondary N) is 2. The van der Waals surface area contributed by atoms with Gasteiger partial charge >= 0.3 is 5.97 Å². The van der Waals surface area contributed by atoms with Gasteiger partial charge in [0.2, 0.25) is 0 Å². The van der Waals surface area contributed by atoms with Crippen molar-refractivity contribution < 1.29 is 28.6 Å². The largest absolute Gasteiger partial charge is 0.493 e. The van der Waals surface area contributed by atoms with E-state index in [1.54, 1.807) is 35.7 Å². The Hall–Kier alpha value is -3.88. The number of carbonyl (C=O) groups is 3. The molecule has 0 aliphatic heterocycles. The molecular weight excluding hydrogens is 526 g/mol. The number of benzene rings is 2. The Morgan fingerprint density at radius 1 is 1.00 bits per heavy atom. The number of nitriles is 1. The molecule has 0 aliphatic rings. The molecule has 1 aromatic heterocycles. The molecule has 0 saturated heterocycles. The quantitative estimate of drug-likeness (QED) is 0.387. The van der Waals surface area contributed by atoms with Crippen LogP contribution in [0.4, 0.5) is 10.7 Å². The van der Waals surface area contributed by atoms with Crippen molar-refractivity contribution in [3.8, 4) is 17.6 Å². The number of anilines is 2. The number of halogens is 1. The molecule has 2 aromatic carbocycles. The van der Waals surface area contributed by atoms with E-state index in [0.717, 1.165) is 4.47 Å². The Bertz CT molecular complexity index is 1240. The third kappa shape index (κ3) is 6.81. The van der Waals surface area contributed by atoms with E-state index in [2.05, 4.69) is 26.6 Å². The van der Waals surface area contributed by atoms with Crippen LogP contribution in [0.2, 0.25) is 0 Å². The minimum atomic E-state index is -0.750. The van der Waals surface area contributed by atoms with Gasteiger partial charge in [0.05, 0.1) is 18.2 Å². The van der Waals surface area contributed by atoms with Gasteiger partial charge in [-0.05, 0) is 53.9 Å². The predicted molar refractivity (Wildman–Crippen MR) is 129 cm³/mol. The van der Waals surface area contributed by atoms with Crippen molar-refractivity contribution in [2.24, 2.45) is 0 Å². The Kier molecular flexibility index (Phi) is 8.61. The lowest BCUT2D eigenvalue weighted by Gasteiger charge is -2.12. The van der Waals surface area contributed by atoms with Gasteiger partial charge in [-0.15, -0.1) is 11.3 Å². The van der Waals surface area contributed by atoms with Gasteiger partial charge in [0, 0.05) is 10.2 Å². The average Bonchev–Trinajstić information content (AvgIpc) is 3.29. The minimum absolute atomic E-state index is 0.130. The van der Waals surface area contributed by atoms with Crippen molar-refractivity contribution >= 4 is 55.7 Å². The zero-order chi connectivity index (χ0) is 24.5. The zero-order valence-electron chi connectivity index (χ0n) is 17.8. The van der Waals surface area contributed by atoms with E-state index in [1.165, 1.54) is 36.6 Å². The zero-order valence-corrected chi connectivity index (χ0v) is 20.2. The first-order chi connectivity index (χ1) is 16.4. The van der Waals surface area contributed by atoms with Crippen LogP contribution in [-0.2, 0) is 14.3 Å². The van der Waals surface area contributed by atoms with Crippen molar-refractivity contribution in [2.45, 2.75) is 0 Å². The third-order valence-corrected chi connectivity index (χ3v) is 5.62. The topological polar surface area (TPSA) is 127 Å². The SMILES string of the molecule is COc1cc(C(=O)OCC(=O)Nc2sccc2C#N)ccc1OCC(=O)Nc1ccc(Br)cc1. The molecule has 34 heavy (non-hydrogen) atoms. The molecule has 0 saturated carbocycles. The lowest BCUT2D eigenvalue weighted by Crippen LogP contribution is -2.21. The summed E-state index contributed by atoms with van der Waals surface area (Å²) in [6, 6.07) is 14.9. The highest BCUT2D eigenvalue weighted by Gasteiger charge is 2.16. The lowest BCUT2D eigenvalue weighted by atomic mass is 10.2. The highest BCUT2D eigenvalue weighted by molar-refractivity contribution is 9.10. The molecule has 0 unspecified atom stereocenters. The van der Waals surface area contributed by atoms with Gasteiger partial charge in [0.25, 0.3) is 11.8 Å². The van der Waals surface area contributed by atoms with Gasteiger partial charge in [-0.3, -0.25) is 9.59 Å². The summed E-state index contributed by atoms with van der Waals surface area (Å²) in [6.07, 6.45) is 0. The van der Waals surface area contributed by atoms with E-state index in [0.29, 0.717) is 16.3 Å². The van der Waals surface area contributed by atoms with Crippen LogP contribution in [0.1, 0.15) is 15.9 Å². The number of carbonyl (C=O) groups excluding carboxylic acids is 3. The highest BCUT2D eigenvalue weighted by Crippen LogP contribution is 2.28. The van der Waals surface area contributed by atoms with Gasteiger partial charge in [-0.2, -0.15) is 5.26 Å². The normalized spacial score (nSPS) is 10.0. The summed E-state index contributed by atoms with van der Waals surface area (Å²) in [6.45, 7) is -0.803. The van der Waals surface area contributed by atoms with E-state index in [-0.39, 0.29) is 29.6 Å². The van der Waals surface area contributed by atoms with Crippen LogP contribution in [0.25, 0.3) is 0 Å². The lowest BCUT2D eigenvalue weighted by molar-refractivity contribution is -0.119. The second-order valence-electron chi connectivity index (χ2n) is 6.61. The summed E-state index contributed by atoms with van der Waals surface area (Å²) in [4.78, 5) is 36.5. The number of thiophene rings is 1. The van der Waals surface area contributed by atoms with E-state index in [1.807, 2.05) is 6.07 Å². The van der Waals surface area contributed by atoms with Crippen LogP contribution in [0.5, 0.6) is 11.5 Å². The molecule has 11 heteroatoms. The molecule has 9 nitrogen and oxygen atoms in total. The number of rotatable bonds is 9. The number of nitrogens with zero attached hydrogens (tertiary/aromatic N) is 1. The molecule has 0 atom stereocenters. The number of amides is 2. The number of ether oxygens (including phenoxy) is 3. The second kappa shape index (κ2) is 11.8. The maximum absolute atomic E-state index is 12.3. The Morgan fingerprint density at radius 3 is 2.44 bits per heavy atom. The van der Waals surface area contributed by atoms with Crippen LogP contribution in [0.15, 0.2) is 58.4 Å². The smallest absolute Gasteiger partial charge is 0.338 e. The molecule has 0 fully saturated rings. The van der Waals surface area contributed by atoms with Gasteiger partial charge in [-0.25, -0.2) is 4.79 Å². The molecule has 2 N–H and O–H groups in total. The van der Waals surface area contributed by atoms with Gasteiger partial charge in [-0.1, -0.05) is 15.9 Å². The third-order valence-electron chi connectivity index (χ3n) is 4.26. The summed E-state index contributed by atoms with van der Waals surface area (Å²) in [7, 11) is 1.39. The summed E-state index contributed by atoms with van der Waals surface area (Å²) < 4.78 is 16.7. The number of esters is 1. The Labute approximate surface area is 207 Å². The van der Waals surface area contributed by atoms with Crippen LogP contribution in [0.3, 0.4) is 0 Å². The molecule has 2 amide bonds. The van der Waals surface area contributed by atoms with Crippen molar-refractivity contribution in [1.82, 2.24) is 0 Å². The van der Waals surface area contributed by atoms with Crippen molar-refractivity contribution in [3.63, 3.8) is 0 Å². The average molecular weight is 544 g/mol. The Morgan fingerprint density at radius 2 is 1.74 bits per heavy atom. The van der Waals surface area contributed by atoms with Crippen LogP contribution >= 0.6 is 27.3 Å². The highest BCUT2D eigenvalue weighted by atomic mass is 79.9. The van der Waals surface area contributed by atoms with Crippen molar-refractivity contribution in [1.29, 1.82) is 5.26 Å². The minimum Gasteiger partial charge on any atom is -0.493 e. The fourth-order valence-corrected chi connectivity index (χ4v) is 3.68. The maximum atomic E-state index is 12.3. The van der Waals surface area contributed by atoms with Gasteiger partial charge < -0.3 is 24.8 Å². The second-order valence-corrected chi connectivity index (χ2v) is 8.44. The van der Waals surface area contributed by atoms with E-state index in [9.17, 15) is 14.4 Å². The molecule has 0 radical (unpaired) electrons. The standard InChI is InChI=1S/C23H18BrN3O6S/c1-31-19-10-14(23(30)33-13-21(29)27-22-15(11-25)8-9-34-22)2-7-18(19)32-12-20(28)26-17-5-3-16(24)4-6-17/h2-10H,12-13H2,1H3,(H,26,28)(H,27,29). The fraction of sp³-hybridized carbons (Fsp3) is 0.130. The maximum Gasteiger partial charge on any atom is 0.338 e. The summed E-state index contributed by atoms with van der Waals surface area (Å²) in [5.74, 6) is -1.23. The van der Waals surface area contributed by atoms with E-state index < -0.39 is 18.5 Å². The van der Waals surface area contributed by atoms with Gasteiger partial charge in [0.1, 0.15) is 11.1 Å². The van der Waals surface area contributed by atoms with Gasteiger partial charge in [0.15, 0.2) is 24.7 Å². The molecular formula is C23H18BrN3O6S. The number of methoxy groups -OCH3 is 1. The van der Waals surface area contributed by atoms with Crippen LogP contribution in [0, 0.1) is 11.3 Å². The first-order valence-electron chi connectivity index (χ1n) is 9.70. The molecule has 3 aromatic rings. The predicted octanol–water partition coefficient (Wildman–Crippen LogP) is 4.20. The Balaban J connectivity index is 1.53. The molecule has 0 bridgehead atoms. The van der Waals surface area contributed by atoms with Crippen LogP contribution < -0.4 is 20.1 Å². The number of hydrogen-bond donors (Lipinski definition) is 2. The number of hydrogen-bond acceptors (Lipinski definition) is 8. The fourth-order valence-electron chi connectivity index (χ4n) is 2.66. The molecule has 174 valence electrons. The first kappa shape index (κ1) is 24.8. The van der Waals surface area contributed by atoms with Crippen molar-refractivity contribution in [3.05, 3.63) is 69.5 Å². The summed E-state index contributed by atoms with van der Waals surface area (Å²) >= 11 is 4.52. The molecule has 3 rings (SSSR count). The van der Waals surface area contributed by atoms with E-state index in [4.69, 9.17) is 19.5 Å². The van der Waals surface area contributed by atoms with Crippen LogP contribution in [-0.4, -0.2) is 38.1 Å².